The molecule has 1 aliphatic carbocycles. The van der Waals surface area contributed by atoms with Crippen LogP contribution in [0.2, 0.25) is 0 Å². The zero-order valence-electron chi connectivity index (χ0n) is 12.4. The molecule has 1 heterocycles. The lowest BCUT2D eigenvalue weighted by Gasteiger charge is -2.06. The highest BCUT2D eigenvalue weighted by atomic mass is 35.5. The van der Waals surface area contributed by atoms with Crippen LogP contribution < -0.4 is 5.32 Å². The van der Waals surface area contributed by atoms with Gasteiger partial charge in [-0.1, -0.05) is 24.3 Å². The summed E-state index contributed by atoms with van der Waals surface area (Å²) in [6.45, 7) is 0.0496. The van der Waals surface area contributed by atoms with Gasteiger partial charge in [-0.15, -0.1) is 0 Å². The summed E-state index contributed by atoms with van der Waals surface area (Å²) < 4.78 is 0. The lowest BCUT2D eigenvalue weighted by Crippen LogP contribution is -2.05. The van der Waals surface area contributed by atoms with Gasteiger partial charge in [0.05, 0.1) is 24.3 Å². The second kappa shape index (κ2) is 8.80. The molecule has 1 N–H and O–H groups in total. The Morgan fingerprint density at radius 3 is 2.91 bits per heavy atom. The van der Waals surface area contributed by atoms with E-state index in [4.69, 9.17) is 11.6 Å². The first-order chi connectivity index (χ1) is 11.2. The third kappa shape index (κ3) is 5.30. The van der Waals surface area contributed by atoms with E-state index in [0.717, 1.165) is 18.4 Å². The number of aldehydes is 1. The van der Waals surface area contributed by atoms with Crippen molar-refractivity contribution in [1.29, 1.82) is 0 Å². The fourth-order valence-electron chi connectivity index (χ4n) is 1.98. The van der Waals surface area contributed by atoms with Crippen molar-refractivity contribution in [2.75, 3.05) is 11.9 Å². The van der Waals surface area contributed by atoms with Gasteiger partial charge in [0.2, 0.25) is 0 Å². The predicted molar refractivity (Wildman–Crippen MR) is 93.0 cm³/mol. The largest absolute Gasteiger partial charge is 0.345 e. The van der Waals surface area contributed by atoms with E-state index < -0.39 is 5.24 Å². The number of nitrogens with one attached hydrogen (secondary N) is 1. The number of carbonyl (C=O) groups excluding carboxylic acids is 2. The van der Waals surface area contributed by atoms with E-state index >= 15 is 0 Å². The van der Waals surface area contributed by atoms with Crippen LogP contribution in [0.3, 0.4) is 0 Å². The molecule has 0 saturated heterocycles. The van der Waals surface area contributed by atoms with Crippen molar-refractivity contribution in [1.82, 2.24) is 4.98 Å². The topological polar surface area (TPSA) is 71.4 Å². The summed E-state index contributed by atoms with van der Waals surface area (Å²) in [4.78, 5) is 29.8. The highest BCUT2D eigenvalue weighted by Gasteiger charge is 2.10. The van der Waals surface area contributed by atoms with Gasteiger partial charge in [0, 0.05) is 0 Å². The number of hydrogen-bond donors (Lipinski definition) is 1. The Bertz CT molecular complexity index is 706. The lowest BCUT2D eigenvalue weighted by atomic mass is 10.1. The molecule has 6 heteroatoms. The van der Waals surface area contributed by atoms with Crippen molar-refractivity contribution >= 4 is 41.2 Å². The first-order valence-electron chi connectivity index (χ1n) is 7.15. The molecule has 0 aliphatic heterocycles. The standard InChI is InChI=1S/C17H16ClN3O2/c18-17(23)16-15(20-12-19-10-11-22)9-8-14(21-16)7-6-13-4-2-1-3-5-13/h2,4-9,11-12H,1,3,10H2,(H,19,20)/b7-6+. The number of pyridine rings is 1. The molecule has 0 bridgehead atoms. The van der Waals surface area contributed by atoms with Crippen LogP contribution in [0.5, 0.6) is 0 Å². The average molecular weight is 330 g/mol. The molecule has 0 spiro atoms. The van der Waals surface area contributed by atoms with Gasteiger partial charge in [0.15, 0.2) is 0 Å². The number of nitrogens with zero attached hydrogens (tertiary/aromatic N) is 2. The van der Waals surface area contributed by atoms with Crippen LogP contribution in [0.1, 0.15) is 29.0 Å². The average Bonchev–Trinajstić information content (AvgIpc) is 2.58. The second-order valence-corrected chi connectivity index (χ2v) is 5.07. The number of carbonyl (C=O) groups is 2. The Balaban J connectivity index is 2.16. The lowest BCUT2D eigenvalue weighted by molar-refractivity contribution is -0.106. The molecule has 0 radical (unpaired) electrons. The molecule has 118 valence electrons. The number of allylic oxidation sites excluding steroid dienone is 5. The molecule has 0 atom stereocenters. The number of anilines is 1. The fourth-order valence-corrected chi connectivity index (χ4v) is 2.13. The molecular formula is C17H16ClN3O2. The van der Waals surface area contributed by atoms with E-state index in [1.165, 1.54) is 6.34 Å². The van der Waals surface area contributed by atoms with Gasteiger partial charge in [0.1, 0.15) is 12.0 Å². The summed E-state index contributed by atoms with van der Waals surface area (Å²) in [6, 6.07) is 3.46. The molecule has 0 unspecified atom stereocenters. The molecule has 23 heavy (non-hydrogen) atoms. The predicted octanol–water partition coefficient (Wildman–Crippen LogP) is 3.39. The SMILES string of the molecule is O=CCN=CNc1ccc(/C=C/C2=CCCC=C2)nc1C(=O)Cl. The van der Waals surface area contributed by atoms with Crippen molar-refractivity contribution in [3.05, 3.63) is 53.4 Å². The molecule has 0 amide bonds. The van der Waals surface area contributed by atoms with Crippen molar-refractivity contribution in [3.8, 4) is 0 Å². The highest BCUT2D eigenvalue weighted by Crippen LogP contribution is 2.18. The van der Waals surface area contributed by atoms with Gasteiger partial charge in [-0.05, 0) is 48.2 Å². The zero-order valence-corrected chi connectivity index (χ0v) is 13.2. The van der Waals surface area contributed by atoms with Crippen LogP contribution in [0.25, 0.3) is 6.08 Å². The Labute approximate surface area is 139 Å². The van der Waals surface area contributed by atoms with Crippen LogP contribution in [0.15, 0.2) is 47.0 Å². The summed E-state index contributed by atoms with van der Waals surface area (Å²) in [5.74, 6) is 0. The van der Waals surface area contributed by atoms with Crippen LogP contribution in [-0.2, 0) is 4.79 Å². The molecule has 1 aromatic heterocycles. The summed E-state index contributed by atoms with van der Waals surface area (Å²) in [6.07, 6.45) is 14.2. The third-order valence-corrected chi connectivity index (χ3v) is 3.24. The molecule has 0 fully saturated rings. The number of aliphatic imine (C=N–C) groups is 1. The molecule has 1 aromatic rings. The summed E-state index contributed by atoms with van der Waals surface area (Å²) in [7, 11) is 0. The van der Waals surface area contributed by atoms with Crippen molar-refractivity contribution < 1.29 is 9.59 Å². The molecule has 2 rings (SSSR count). The van der Waals surface area contributed by atoms with Crippen molar-refractivity contribution in [2.24, 2.45) is 4.99 Å². The van der Waals surface area contributed by atoms with Gasteiger partial charge in [0.25, 0.3) is 5.24 Å². The van der Waals surface area contributed by atoms with Crippen molar-refractivity contribution in [3.63, 3.8) is 0 Å². The van der Waals surface area contributed by atoms with Crippen molar-refractivity contribution in [2.45, 2.75) is 12.8 Å². The van der Waals surface area contributed by atoms with Crippen LogP contribution >= 0.6 is 11.6 Å². The first kappa shape index (κ1) is 16.8. The van der Waals surface area contributed by atoms with Gasteiger partial charge in [-0.25, -0.2) is 4.98 Å². The minimum absolute atomic E-state index is 0.0496. The molecule has 1 aliphatic rings. The van der Waals surface area contributed by atoms with Gasteiger partial charge < -0.3 is 10.1 Å². The molecule has 0 aromatic carbocycles. The molecule has 5 nitrogen and oxygen atoms in total. The van der Waals surface area contributed by atoms with Gasteiger partial charge in [-0.3, -0.25) is 9.79 Å². The molecular weight excluding hydrogens is 314 g/mol. The minimum Gasteiger partial charge on any atom is -0.345 e. The van der Waals surface area contributed by atoms with E-state index in [9.17, 15) is 9.59 Å². The molecule has 0 saturated carbocycles. The minimum atomic E-state index is -0.664. The monoisotopic (exact) mass is 329 g/mol. The smallest absolute Gasteiger partial charge is 0.272 e. The summed E-state index contributed by atoms with van der Waals surface area (Å²) in [5, 5.41) is 2.13. The normalized spacial score (nSPS) is 14.2. The van der Waals surface area contributed by atoms with E-state index in [1.807, 2.05) is 18.2 Å². The number of halogens is 1. The number of hydrogen-bond acceptors (Lipinski definition) is 4. The maximum absolute atomic E-state index is 11.5. The first-order valence-corrected chi connectivity index (χ1v) is 7.52. The van der Waals surface area contributed by atoms with E-state index in [2.05, 4.69) is 27.4 Å². The van der Waals surface area contributed by atoms with Gasteiger partial charge >= 0.3 is 0 Å². The summed E-state index contributed by atoms with van der Waals surface area (Å²) >= 11 is 5.58. The van der Waals surface area contributed by atoms with Crippen LogP contribution in [0.4, 0.5) is 5.69 Å². The Hall–Kier alpha value is -2.53. The maximum atomic E-state index is 11.5. The quantitative estimate of drug-likeness (QED) is 0.360. The Morgan fingerprint density at radius 2 is 2.22 bits per heavy atom. The summed E-state index contributed by atoms with van der Waals surface area (Å²) in [5.41, 5.74) is 2.29. The second-order valence-electron chi connectivity index (χ2n) is 4.73. The van der Waals surface area contributed by atoms with E-state index in [0.29, 0.717) is 17.7 Å². The maximum Gasteiger partial charge on any atom is 0.272 e. The zero-order chi connectivity index (χ0) is 16.5. The van der Waals surface area contributed by atoms with Gasteiger partial charge in [-0.2, -0.15) is 0 Å². The van der Waals surface area contributed by atoms with Crippen LogP contribution in [-0.4, -0.2) is 29.4 Å². The fraction of sp³-hybridized carbons (Fsp3) is 0.176. The van der Waals surface area contributed by atoms with E-state index in [-0.39, 0.29) is 12.2 Å². The third-order valence-electron chi connectivity index (χ3n) is 3.06. The number of aromatic nitrogens is 1. The van der Waals surface area contributed by atoms with Crippen LogP contribution in [0, 0.1) is 0 Å². The highest BCUT2D eigenvalue weighted by molar-refractivity contribution is 6.68. The van der Waals surface area contributed by atoms with E-state index in [1.54, 1.807) is 12.1 Å². The Kier molecular flexibility index (Phi) is 6.44. The Morgan fingerprint density at radius 1 is 1.35 bits per heavy atom. The number of rotatable bonds is 7.